The van der Waals surface area contributed by atoms with E-state index in [0.717, 1.165) is 0 Å². The number of carbonyl (C=O) groups excluding carboxylic acids is 1. The molecule has 1 amide bonds. The summed E-state index contributed by atoms with van der Waals surface area (Å²) in [6, 6.07) is 6.05. The van der Waals surface area contributed by atoms with Crippen LogP contribution in [-0.4, -0.2) is 22.6 Å². The molecule has 0 radical (unpaired) electrons. The first-order valence-electron chi connectivity index (χ1n) is 6.23. The molecule has 2 N–H and O–H groups in total. The second-order valence-electron chi connectivity index (χ2n) is 4.27. The molecule has 4 nitrogen and oxygen atoms in total. The third-order valence-electron chi connectivity index (χ3n) is 2.83. The van der Waals surface area contributed by atoms with Gasteiger partial charge in [0.05, 0.1) is 16.8 Å². The minimum Gasteiger partial charge on any atom is -0.384 e. The van der Waals surface area contributed by atoms with E-state index in [2.05, 4.69) is 22.1 Å². The lowest BCUT2D eigenvalue weighted by Gasteiger charge is -2.10. The highest BCUT2D eigenvalue weighted by atomic mass is 19.1. The Morgan fingerprint density at radius 3 is 2.95 bits per heavy atom. The van der Waals surface area contributed by atoms with Gasteiger partial charge in [-0.15, -0.1) is 0 Å². The Hall–Kier alpha value is -2.71. The molecule has 106 valence electrons. The third-order valence-corrected chi connectivity index (χ3v) is 2.83. The van der Waals surface area contributed by atoms with Crippen LogP contribution in [-0.2, 0) is 0 Å². The number of anilines is 1. The topological polar surface area (TPSA) is 62.2 Å². The van der Waals surface area contributed by atoms with Crippen LogP contribution in [0.2, 0.25) is 0 Å². The molecule has 2 aromatic rings. The maximum Gasteiger partial charge on any atom is 0.257 e. The monoisotopic (exact) mass is 284 g/mol. The SMILES string of the molecule is Cc1cccc(F)c1NC(=O)c1ccncc1C#CCO. The number of amides is 1. The van der Waals surface area contributed by atoms with Crippen molar-refractivity contribution in [3.8, 4) is 11.8 Å². The molecule has 0 saturated heterocycles. The number of nitrogens with one attached hydrogen (secondary N) is 1. The average molecular weight is 284 g/mol. The Morgan fingerprint density at radius 2 is 2.24 bits per heavy atom. The number of hydrogen-bond donors (Lipinski definition) is 2. The van der Waals surface area contributed by atoms with Gasteiger partial charge in [-0.1, -0.05) is 24.0 Å². The second kappa shape index (κ2) is 6.64. The molecule has 21 heavy (non-hydrogen) atoms. The minimum absolute atomic E-state index is 0.139. The summed E-state index contributed by atoms with van der Waals surface area (Å²) >= 11 is 0. The number of hydrogen-bond acceptors (Lipinski definition) is 3. The van der Waals surface area contributed by atoms with E-state index in [1.807, 2.05) is 0 Å². The molecule has 1 heterocycles. The zero-order valence-electron chi connectivity index (χ0n) is 11.4. The predicted molar refractivity (Wildman–Crippen MR) is 77.3 cm³/mol. The van der Waals surface area contributed by atoms with Crippen LogP contribution >= 0.6 is 0 Å². The average Bonchev–Trinajstić information content (AvgIpc) is 2.49. The van der Waals surface area contributed by atoms with Crippen LogP contribution in [0.4, 0.5) is 10.1 Å². The summed E-state index contributed by atoms with van der Waals surface area (Å²) in [5, 5.41) is 11.3. The van der Waals surface area contributed by atoms with Crippen LogP contribution in [0, 0.1) is 24.6 Å². The van der Waals surface area contributed by atoms with Crippen molar-refractivity contribution in [3.05, 3.63) is 59.2 Å². The Balaban J connectivity index is 2.33. The lowest BCUT2D eigenvalue weighted by molar-refractivity contribution is 0.102. The molecule has 1 aromatic heterocycles. The van der Waals surface area contributed by atoms with Crippen molar-refractivity contribution in [1.82, 2.24) is 4.98 Å². The lowest BCUT2D eigenvalue weighted by atomic mass is 10.1. The summed E-state index contributed by atoms with van der Waals surface area (Å²) < 4.78 is 13.7. The van der Waals surface area contributed by atoms with Crippen molar-refractivity contribution in [1.29, 1.82) is 0 Å². The number of pyridine rings is 1. The van der Waals surface area contributed by atoms with Gasteiger partial charge < -0.3 is 10.4 Å². The highest BCUT2D eigenvalue weighted by Crippen LogP contribution is 2.20. The van der Waals surface area contributed by atoms with E-state index in [1.165, 1.54) is 24.5 Å². The quantitative estimate of drug-likeness (QED) is 0.830. The number of halogens is 1. The molecule has 0 aliphatic rings. The number of rotatable bonds is 2. The zero-order valence-corrected chi connectivity index (χ0v) is 11.4. The van der Waals surface area contributed by atoms with Crippen LogP contribution in [0.1, 0.15) is 21.5 Å². The number of nitrogens with zero attached hydrogens (tertiary/aromatic N) is 1. The van der Waals surface area contributed by atoms with E-state index in [4.69, 9.17) is 5.11 Å². The van der Waals surface area contributed by atoms with Gasteiger partial charge in [0, 0.05) is 12.4 Å². The van der Waals surface area contributed by atoms with Gasteiger partial charge in [0.1, 0.15) is 12.4 Å². The summed E-state index contributed by atoms with van der Waals surface area (Å²) in [6.07, 6.45) is 2.87. The number of para-hydroxylation sites is 1. The van der Waals surface area contributed by atoms with Crippen LogP contribution in [0.25, 0.3) is 0 Å². The normalized spacial score (nSPS) is 9.67. The largest absolute Gasteiger partial charge is 0.384 e. The number of aliphatic hydroxyl groups is 1. The number of benzene rings is 1. The first-order valence-corrected chi connectivity index (χ1v) is 6.23. The van der Waals surface area contributed by atoms with Crippen molar-refractivity contribution < 1.29 is 14.3 Å². The number of aromatic nitrogens is 1. The van der Waals surface area contributed by atoms with E-state index < -0.39 is 11.7 Å². The predicted octanol–water partition coefficient (Wildman–Crippen LogP) is 2.13. The fourth-order valence-electron chi connectivity index (χ4n) is 1.80. The molecule has 0 fully saturated rings. The second-order valence-corrected chi connectivity index (χ2v) is 4.27. The molecule has 0 saturated carbocycles. The summed E-state index contributed by atoms with van der Waals surface area (Å²) in [7, 11) is 0. The fourth-order valence-corrected chi connectivity index (χ4v) is 1.80. The fraction of sp³-hybridized carbons (Fsp3) is 0.125. The first kappa shape index (κ1) is 14.7. The number of aryl methyl sites for hydroxylation is 1. The van der Waals surface area contributed by atoms with Gasteiger partial charge >= 0.3 is 0 Å². The van der Waals surface area contributed by atoms with E-state index in [0.29, 0.717) is 11.1 Å². The van der Waals surface area contributed by atoms with Gasteiger partial charge in [0.25, 0.3) is 5.91 Å². The third kappa shape index (κ3) is 3.44. The van der Waals surface area contributed by atoms with E-state index in [1.54, 1.807) is 19.1 Å². The Morgan fingerprint density at radius 1 is 1.43 bits per heavy atom. The number of carbonyl (C=O) groups is 1. The maximum absolute atomic E-state index is 13.7. The van der Waals surface area contributed by atoms with E-state index in [-0.39, 0.29) is 17.9 Å². The molecule has 0 bridgehead atoms. The maximum atomic E-state index is 13.7. The molecule has 0 aliphatic carbocycles. The van der Waals surface area contributed by atoms with Crippen LogP contribution < -0.4 is 5.32 Å². The number of aliphatic hydroxyl groups excluding tert-OH is 1. The molecular weight excluding hydrogens is 271 g/mol. The van der Waals surface area contributed by atoms with Gasteiger partial charge in [-0.05, 0) is 24.6 Å². The summed E-state index contributed by atoms with van der Waals surface area (Å²) in [5.41, 5.74) is 1.41. The van der Waals surface area contributed by atoms with E-state index in [9.17, 15) is 9.18 Å². The van der Waals surface area contributed by atoms with Gasteiger partial charge in [-0.2, -0.15) is 0 Å². The van der Waals surface area contributed by atoms with Gasteiger partial charge in [-0.3, -0.25) is 9.78 Å². The molecule has 5 heteroatoms. The van der Waals surface area contributed by atoms with Crippen molar-refractivity contribution in [3.63, 3.8) is 0 Å². The minimum atomic E-state index is -0.500. The van der Waals surface area contributed by atoms with Gasteiger partial charge in [-0.25, -0.2) is 4.39 Å². The molecule has 0 aliphatic heterocycles. The molecular formula is C16H13FN2O2. The van der Waals surface area contributed by atoms with Crippen molar-refractivity contribution in [2.75, 3.05) is 11.9 Å². The van der Waals surface area contributed by atoms with Crippen LogP contribution in [0.15, 0.2) is 36.7 Å². The van der Waals surface area contributed by atoms with Gasteiger partial charge in [0.15, 0.2) is 0 Å². The van der Waals surface area contributed by atoms with Crippen molar-refractivity contribution >= 4 is 11.6 Å². The first-order chi connectivity index (χ1) is 10.1. The standard InChI is InChI=1S/C16H13FN2O2/c1-11-4-2-6-14(17)15(11)19-16(21)13-7-8-18-10-12(13)5-3-9-20/h2,4,6-8,10,20H,9H2,1H3,(H,19,21). The molecule has 2 rings (SSSR count). The lowest BCUT2D eigenvalue weighted by Crippen LogP contribution is -2.15. The molecule has 1 aromatic carbocycles. The smallest absolute Gasteiger partial charge is 0.257 e. The molecule has 0 atom stereocenters. The van der Waals surface area contributed by atoms with E-state index >= 15 is 0 Å². The van der Waals surface area contributed by atoms with Crippen molar-refractivity contribution in [2.24, 2.45) is 0 Å². The van der Waals surface area contributed by atoms with Crippen LogP contribution in [0.3, 0.4) is 0 Å². The Bertz CT molecular complexity index is 712. The summed E-state index contributed by atoms with van der Waals surface area (Å²) in [4.78, 5) is 16.2. The van der Waals surface area contributed by atoms with Crippen molar-refractivity contribution in [2.45, 2.75) is 6.92 Å². The Kier molecular flexibility index (Phi) is 4.64. The molecule has 0 spiro atoms. The van der Waals surface area contributed by atoms with Gasteiger partial charge in [0.2, 0.25) is 0 Å². The highest BCUT2D eigenvalue weighted by Gasteiger charge is 2.14. The molecule has 0 unspecified atom stereocenters. The highest BCUT2D eigenvalue weighted by molar-refractivity contribution is 6.06. The van der Waals surface area contributed by atoms with Crippen LogP contribution in [0.5, 0.6) is 0 Å². The zero-order chi connectivity index (χ0) is 15.2. The summed E-state index contributed by atoms with van der Waals surface area (Å²) in [6.45, 7) is 1.39. The Labute approximate surface area is 121 Å². The summed E-state index contributed by atoms with van der Waals surface area (Å²) in [5.74, 6) is 4.12.